The summed E-state index contributed by atoms with van der Waals surface area (Å²) in [7, 11) is 0. The number of urea groups is 1. The molecule has 22 heavy (non-hydrogen) atoms. The van der Waals surface area contributed by atoms with E-state index in [9.17, 15) is 4.79 Å². The van der Waals surface area contributed by atoms with Gasteiger partial charge in [0.2, 0.25) is 0 Å². The minimum absolute atomic E-state index is 0.160. The number of thiophene rings is 1. The minimum Gasteiger partial charge on any atom is -0.381 e. The second-order valence-corrected chi connectivity index (χ2v) is 6.49. The van der Waals surface area contributed by atoms with Gasteiger partial charge in [-0.2, -0.15) is 0 Å². The van der Waals surface area contributed by atoms with Gasteiger partial charge in [-0.25, -0.2) is 4.79 Å². The van der Waals surface area contributed by atoms with E-state index in [4.69, 9.17) is 4.74 Å². The maximum atomic E-state index is 12.0. The van der Waals surface area contributed by atoms with Crippen molar-refractivity contribution in [1.29, 1.82) is 0 Å². The maximum Gasteiger partial charge on any atom is 0.319 e. The molecule has 2 aromatic rings. The van der Waals surface area contributed by atoms with Crippen molar-refractivity contribution in [2.75, 3.05) is 25.1 Å². The summed E-state index contributed by atoms with van der Waals surface area (Å²) in [5, 5.41) is 7.90. The molecule has 116 valence electrons. The number of hydrogen-bond donors (Lipinski definition) is 2. The van der Waals surface area contributed by atoms with E-state index in [1.165, 1.54) is 10.4 Å². The fraction of sp³-hybridized carbons (Fsp3) is 0.353. The number of amides is 2. The molecule has 0 unspecified atom stereocenters. The van der Waals surface area contributed by atoms with Crippen LogP contribution in [0.4, 0.5) is 10.5 Å². The van der Waals surface area contributed by atoms with Crippen LogP contribution in [0.3, 0.4) is 0 Å². The molecular formula is C17H20N2O2S. The van der Waals surface area contributed by atoms with Gasteiger partial charge in [-0.15, -0.1) is 11.3 Å². The van der Waals surface area contributed by atoms with Crippen molar-refractivity contribution in [3.05, 3.63) is 41.3 Å². The highest BCUT2D eigenvalue weighted by atomic mass is 32.1. The van der Waals surface area contributed by atoms with Crippen LogP contribution in [-0.2, 0) is 4.74 Å². The van der Waals surface area contributed by atoms with Gasteiger partial charge >= 0.3 is 6.03 Å². The molecule has 1 aromatic heterocycles. The lowest BCUT2D eigenvalue weighted by molar-refractivity contribution is 0.185. The molecule has 0 aliphatic carbocycles. The van der Waals surface area contributed by atoms with Crippen molar-refractivity contribution in [1.82, 2.24) is 5.32 Å². The Morgan fingerprint density at radius 1 is 1.41 bits per heavy atom. The standard InChI is InChI=1S/C17H20N2O2S/c1-12-6-8-22-16(12)14-3-2-4-15(9-14)19-17(20)18-10-13-5-7-21-11-13/h2-4,6,8-9,13H,5,7,10-11H2,1H3,(H2,18,19,20)/t13-/m0/s1. The lowest BCUT2D eigenvalue weighted by atomic mass is 10.1. The molecule has 2 amide bonds. The zero-order chi connectivity index (χ0) is 15.4. The van der Waals surface area contributed by atoms with Crippen LogP contribution in [-0.4, -0.2) is 25.8 Å². The van der Waals surface area contributed by atoms with Gasteiger partial charge in [0.05, 0.1) is 6.61 Å². The molecule has 1 aromatic carbocycles. The Morgan fingerprint density at radius 3 is 3.05 bits per heavy atom. The number of aryl methyl sites for hydroxylation is 1. The molecule has 0 saturated carbocycles. The largest absolute Gasteiger partial charge is 0.381 e. The summed E-state index contributed by atoms with van der Waals surface area (Å²) in [5.41, 5.74) is 3.20. The van der Waals surface area contributed by atoms with E-state index in [1.54, 1.807) is 11.3 Å². The monoisotopic (exact) mass is 316 g/mol. The summed E-state index contributed by atoms with van der Waals surface area (Å²) in [6, 6.07) is 9.90. The Bertz CT molecular complexity index is 648. The van der Waals surface area contributed by atoms with E-state index < -0.39 is 0 Å². The van der Waals surface area contributed by atoms with E-state index in [0.717, 1.165) is 30.9 Å². The van der Waals surface area contributed by atoms with Gasteiger partial charge in [-0.05, 0) is 48.1 Å². The quantitative estimate of drug-likeness (QED) is 0.899. The van der Waals surface area contributed by atoms with Crippen molar-refractivity contribution >= 4 is 23.1 Å². The first-order chi connectivity index (χ1) is 10.7. The van der Waals surface area contributed by atoms with Gasteiger partial charge in [0, 0.05) is 29.6 Å². The smallest absolute Gasteiger partial charge is 0.319 e. The highest BCUT2D eigenvalue weighted by Crippen LogP contribution is 2.30. The number of rotatable bonds is 4. The molecule has 1 atom stereocenters. The number of hydrogen-bond acceptors (Lipinski definition) is 3. The SMILES string of the molecule is Cc1ccsc1-c1cccc(NC(=O)NC[C@@H]2CCOC2)c1. The molecule has 2 heterocycles. The molecule has 4 nitrogen and oxygen atoms in total. The van der Waals surface area contributed by atoms with Crippen LogP contribution in [0, 0.1) is 12.8 Å². The third-order valence-electron chi connectivity index (χ3n) is 3.82. The highest BCUT2D eigenvalue weighted by molar-refractivity contribution is 7.13. The Labute approximate surface area is 134 Å². The zero-order valence-electron chi connectivity index (χ0n) is 12.6. The summed E-state index contributed by atoms with van der Waals surface area (Å²) in [6.45, 7) is 4.31. The van der Waals surface area contributed by atoms with E-state index in [-0.39, 0.29) is 6.03 Å². The molecule has 1 aliphatic heterocycles. The molecule has 0 radical (unpaired) electrons. The van der Waals surface area contributed by atoms with Crippen LogP contribution in [0.5, 0.6) is 0 Å². The minimum atomic E-state index is -0.160. The molecule has 1 aliphatic rings. The van der Waals surface area contributed by atoms with E-state index in [1.807, 2.05) is 18.2 Å². The van der Waals surface area contributed by atoms with Crippen LogP contribution in [0.2, 0.25) is 0 Å². The molecule has 0 bridgehead atoms. The Hall–Kier alpha value is -1.85. The summed E-state index contributed by atoms with van der Waals surface area (Å²) in [5.74, 6) is 0.436. The van der Waals surface area contributed by atoms with E-state index in [0.29, 0.717) is 12.5 Å². The van der Waals surface area contributed by atoms with Crippen LogP contribution in [0.1, 0.15) is 12.0 Å². The average molecular weight is 316 g/mol. The number of carbonyl (C=O) groups is 1. The Kier molecular flexibility index (Phi) is 4.75. The van der Waals surface area contributed by atoms with Crippen LogP contribution < -0.4 is 10.6 Å². The number of anilines is 1. The molecule has 2 N–H and O–H groups in total. The topological polar surface area (TPSA) is 50.4 Å². The second-order valence-electron chi connectivity index (χ2n) is 5.58. The van der Waals surface area contributed by atoms with Gasteiger partial charge in [0.25, 0.3) is 0 Å². The van der Waals surface area contributed by atoms with Crippen molar-refractivity contribution in [3.63, 3.8) is 0 Å². The third kappa shape index (κ3) is 3.67. The lowest BCUT2D eigenvalue weighted by Crippen LogP contribution is -2.33. The Morgan fingerprint density at radius 2 is 2.32 bits per heavy atom. The summed E-state index contributed by atoms with van der Waals surface area (Å²) in [6.07, 6.45) is 1.02. The maximum absolute atomic E-state index is 12.0. The predicted octanol–water partition coefficient (Wildman–Crippen LogP) is 3.88. The number of benzene rings is 1. The zero-order valence-corrected chi connectivity index (χ0v) is 13.4. The van der Waals surface area contributed by atoms with Gasteiger partial charge in [-0.3, -0.25) is 0 Å². The van der Waals surface area contributed by atoms with Crippen LogP contribution >= 0.6 is 11.3 Å². The fourth-order valence-electron chi connectivity index (χ4n) is 2.56. The fourth-order valence-corrected chi connectivity index (χ4v) is 3.49. The molecule has 5 heteroatoms. The Balaban J connectivity index is 1.60. The first kappa shape index (κ1) is 15.1. The summed E-state index contributed by atoms with van der Waals surface area (Å²) < 4.78 is 5.31. The molecule has 3 rings (SSSR count). The number of carbonyl (C=O) groups excluding carboxylic acids is 1. The molecular weight excluding hydrogens is 296 g/mol. The van der Waals surface area contributed by atoms with Gasteiger partial charge in [0.1, 0.15) is 0 Å². The normalized spacial score (nSPS) is 17.4. The van der Waals surface area contributed by atoms with Crippen LogP contribution in [0.25, 0.3) is 10.4 Å². The summed E-state index contributed by atoms with van der Waals surface area (Å²) >= 11 is 1.72. The average Bonchev–Trinajstić information content (AvgIpc) is 3.16. The third-order valence-corrected chi connectivity index (χ3v) is 4.89. The second kappa shape index (κ2) is 6.94. The first-order valence-electron chi connectivity index (χ1n) is 7.49. The van der Waals surface area contributed by atoms with Crippen molar-refractivity contribution in [2.24, 2.45) is 5.92 Å². The van der Waals surface area contributed by atoms with Crippen molar-refractivity contribution in [2.45, 2.75) is 13.3 Å². The molecule has 1 fully saturated rings. The number of nitrogens with one attached hydrogen (secondary N) is 2. The molecule has 0 spiro atoms. The number of ether oxygens (including phenoxy) is 1. The first-order valence-corrected chi connectivity index (χ1v) is 8.37. The van der Waals surface area contributed by atoms with Gasteiger partial charge < -0.3 is 15.4 Å². The van der Waals surface area contributed by atoms with E-state index in [2.05, 4.69) is 35.1 Å². The van der Waals surface area contributed by atoms with Gasteiger partial charge in [-0.1, -0.05) is 12.1 Å². The predicted molar refractivity (Wildman–Crippen MR) is 90.4 cm³/mol. The highest BCUT2D eigenvalue weighted by Gasteiger charge is 2.16. The van der Waals surface area contributed by atoms with Crippen LogP contribution in [0.15, 0.2) is 35.7 Å². The lowest BCUT2D eigenvalue weighted by Gasteiger charge is -2.11. The van der Waals surface area contributed by atoms with Crippen molar-refractivity contribution in [3.8, 4) is 10.4 Å². The summed E-state index contributed by atoms with van der Waals surface area (Å²) in [4.78, 5) is 13.2. The van der Waals surface area contributed by atoms with E-state index >= 15 is 0 Å². The van der Waals surface area contributed by atoms with Gasteiger partial charge in [0.15, 0.2) is 0 Å². The van der Waals surface area contributed by atoms with Crippen molar-refractivity contribution < 1.29 is 9.53 Å². The molecule has 1 saturated heterocycles.